The molecule has 4 heteroatoms. The van der Waals surface area contributed by atoms with Gasteiger partial charge >= 0.3 is 0 Å². The fourth-order valence-electron chi connectivity index (χ4n) is 5.14. The highest BCUT2D eigenvalue weighted by molar-refractivity contribution is 5.96. The van der Waals surface area contributed by atoms with Gasteiger partial charge in [-0.1, -0.05) is 73.3 Å². The van der Waals surface area contributed by atoms with E-state index in [0.717, 1.165) is 52.9 Å². The molecule has 1 heterocycles. The number of amides is 1. The Bertz CT molecular complexity index is 1550. The Balaban J connectivity index is 1.37. The third kappa shape index (κ3) is 6.13. The van der Waals surface area contributed by atoms with Gasteiger partial charge in [0.2, 0.25) is 5.91 Å². The zero-order valence-corrected chi connectivity index (χ0v) is 22.7. The maximum Gasteiger partial charge on any atom is 0.232 e. The maximum absolute atomic E-state index is 13.7. The van der Waals surface area contributed by atoms with Crippen LogP contribution in [0.4, 0.5) is 5.69 Å². The molecule has 0 spiro atoms. The Morgan fingerprint density at radius 1 is 1.00 bits per heavy atom. The topological polar surface area (TPSA) is 59.3 Å². The van der Waals surface area contributed by atoms with E-state index in [1.807, 2.05) is 61.5 Å². The predicted octanol–water partition coefficient (Wildman–Crippen LogP) is 8.97. The Hall–Kier alpha value is -4.70. The molecule has 1 unspecified atom stereocenters. The second kappa shape index (κ2) is 12.4. The van der Waals surface area contributed by atoms with Gasteiger partial charge in [0.25, 0.3) is 0 Å². The van der Waals surface area contributed by atoms with Crippen molar-refractivity contribution in [3.05, 3.63) is 131 Å². The molecule has 1 amide bonds. The number of benzene rings is 3. The molecule has 0 radical (unpaired) electrons. The molecule has 0 aliphatic heterocycles. The summed E-state index contributed by atoms with van der Waals surface area (Å²) in [5, 5.41) is 3.12. The Morgan fingerprint density at radius 2 is 1.73 bits per heavy atom. The van der Waals surface area contributed by atoms with Crippen molar-refractivity contribution in [2.45, 2.75) is 38.5 Å². The molecule has 0 bridgehead atoms. The number of nitrogens with one attached hydrogen (secondary N) is 1. The van der Waals surface area contributed by atoms with E-state index in [4.69, 9.17) is 4.42 Å². The Kier molecular flexibility index (Phi) is 8.36. The summed E-state index contributed by atoms with van der Waals surface area (Å²) in [5.41, 5.74) is 7.75. The first-order valence-corrected chi connectivity index (χ1v) is 13.7. The van der Waals surface area contributed by atoms with E-state index >= 15 is 0 Å². The van der Waals surface area contributed by atoms with Gasteiger partial charge in [-0.2, -0.15) is 0 Å². The van der Waals surface area contributed by atoms with Gasteiger partial charge in [0.1, 0.15) is 17.8 Å². The van der Waals surface area contributed by atoms with Gasteiger partial charge in [0, 0.05) is 22.4 Å². The molecule has 3 aromatic carbocycles. The highest BCUT2D eigenvalue weighted by Gasteiger charge is 2.22. The third-order valence-electron chi connectivity index (χ3n) is 7.36. The summed E-state index contributed by atoms with van der Waals surface area (Å²) in [6.45, 7) is 5.82. The molecule has 4 aromatic rings. The first kappa shape index (κ1) is 26.9. The molecule has 1 aliphatic carbocycles. The number of hydrogen-bond donors (Lipinski definition) is 1. The lowest BCUT2D eigenvalue weighted by atomic mass is 9.89. The fraction of sp³-hybridized carbons (Fsp3) is 0.167. The van der Waals surface area contributed by atoms with E-state index < -0.39 is 5.92 Å². The van der Waals surface area contributed by atoms with Crippen LogP contribution in [-0.2, 0) is 11.2 Å². The molecular weight excluding hydrogens is 494 g/mol. The summed E-state index contributed by atoms with van der Waals surface area (Å²) in [4.78, 5) is 24.8. The second-order valence-electron chi connectivity index (χ2n) is 10.1. The smallest absolute Gasteiger partial charge is 0.232 e. The fourth-order valence-corrected chi connectivity index (χ4v) is 5.14. The van der Waals surface area contributed by atoms with Crippen molar-refractivity contribution in [3.8, 4) is 11.3 Å². The number of aldehydes is 1. The lowest BCUT2D eigenvalue weighted by Crippen LogP contribution is -2.23. The molecule has 200 valence electrons. The van der Waals surface area contributed by atoms with E-state index in [9.17, 15) is 9.59 Å². The number of allylic oxidation sites excluding steroid dienone is 3. The number of furan rings is 1. The first-order valence-electron chi connectivity index (χ1n) is 13.7. The lowest BCUT2D eigenvalue weighted by molar-refractivity contribution is -0.117. The average molecular weight is 528 g/mol. The highest BCUT2D eigenvalue weighted by Crippen LogP contribution is 2.31. The van der Waals surface area contributed by atoms with Gasteiger partial charge in [-0.05, 0) is 91.3 Å². The van der Waals surface area contributed by atoms with Crippen molar-refractivity contribution in [1.29, 1.82) is 0 Å². The minimum absolute atomic E-state index is 0.0812. The molecule has 0 fully saturated rings. The molecule has 1 aliphatic rings. The van der Waals surface area contributed by atoms with Crippen LogP contribution >= 0.6 is 0 Å². The number of carbonyl (C=O) groups excluding carboxylic acids is 2. The van der Waals surface area contributed by atoms with E-state index in [2.05, 4.69) is 42.2 Å². The van der Waals surface area contributed by atoms with E-state index in [1.54, 1.807) is 18.2 Å². The molecule has 5 rings (SSSR count). The van der Waals surface area contributed by atoms with Crippen LogP contribution in [-0.4, -0.2) is 12.2 Å². The molecule has 4 nitrogen and oxygen atoms in total. The monoisotopic (exact) mass is 527 g/mol. The zero-order valence-electron chi connectivity index (χ0n) is 22.7. The van der Waals surface area contributed by atoms with Crippen molar-refractivity contribution in [2.24, 2.45) is 0 Å². The minimum Gasteiger partial charge on any atom is -0.456 e. The van der Waals surface area contributed by atoms with E-state index in [1.165, 1.54) is 17.6 Å². The van der Waals surface area contributed by atoms with E-state index in [-0.39, 0.29) is 5.91 Å². The molecular formula is C36H33NO3. The van der Waals surface area contributed by atoms with Crippen LogP contribution in [0.3, 0.4) is 0 Å². The van der Waals surface area contributed by atoms with Crippen molar-refractivity contribution in [1.82, 2.24) is 0 Å². The SMILES string of the molecule is C=Cc1cc(-c2ccc(NC(=O)C(Cc3ccc(C=O)cc3)c3ccc(C4=CCCC4)cc3)cc2)oc1/C=C\C. The van der Waals surface area contributed by atoms with Crippen LogP contribution in [0.5, 0.6) is 0 Å². The zero-order chi connectivity index (χ0) is 27.9. The standard InChI is InChI=1S/C36H33NO3/c1-3-7-34-27(4-2)23-35(40-34)31-18-20-32(21-19-31)37-36(39)33(22-25-10-12-26(24-38)13-11-25)30-16-14-29(15-17-30)28-8-5-6-9-28/h3-4,7-8,10-21,23-24,33H,2,5-6,9,22H2,1H3,(H,37,39)/b7-3-. The summed E-state index contributed by atoms with van der Waals surface area (Å²) in [6.07, 6.45) is 12.7. The predicted molar refractivity (Wildman–Crippen MR) is 164 cm³/mol. The lowest BCUT2D eigenvalue weighted by Gasteiger charge is -2.18. The Labute approximate surface area is 235 Å². The van der Waals surface area contributed by atoms with Crippen LogP contribution in [0, 0.1) is 0 Å². The van der Waals surface area contributed by atoms with Gasteiger partial charge in [-0.15, -0.1) is 0 Å². The summed E-state index contributed by atoms with van der Waals surface area (Å²) in [5.74, 6) is 1.04. The molecule has 1 atom stereocenters. The first-order chi connectivity index (χ1) is 19.6. The van der Waals surface area contributed by atoms with Gasteiger partial charge in [0.05, 0.1) is 5.92 Å². The van der Waals surface area contributed by atoms with Crippen molar-refractivity contribution >= 4 is 35.6 Å². The summed E-state index contributed by atoms with van der Waals surface area (Å²) < 4.78 is 6.01. The van der Waals surface area contributed by atoms with Crippen molar-refractivity contribution in [2.75, 3.05) is 5.32 Å². The molecule has 1 aromatic heterocycles. The summed E-state index contributed by atoms with van der Waals surface area (Å²) >= 11 is 0. The number of carbonyl (C=O) groups is 2. The number of anilines is 1. The normalized spacial score (nSPS) is 13.7. The molecule has 1 N–H and O–H groups in total. The van der Waals surface area contributed by atoms with Crippen LogP contribution in [0.15, 0.2) is 102 Å². The number of hydrogen-bond acceptors (Lipinski definition) is 3. The third-order valence-corrected chi connectivity index (χ3v) is 7.36. The van der Waals surface area contributed by atoms with Crippen LogP contribution in [0.1, 0.15) is 70.5 Å². The van der Waals surface area contributed by atoms with Crippen LogP contribution < -0.4 is 5.32 Å². The quantitative estimate of drug-likeness (QED) is 0.209. The van der Waals surface area contributed by atoms with Crippen LogP contribution in [0.25, 0.3) is 29.0 Å². The largest absolute Gasteiger partial charge is 0.456 e. The molecule has 0 saturated carbocycles. The van der Waals surface area contributed by atoms with Crippen molar-refractivity contribution < 1.29 is 14.0 Å². The summed E-state index contributed by atoms with van der Waals surface area (Å²) in [7, 11) is 0. The van der Waals surface area contributed by atoms with Gasteiger partial charge in [0.15, 0.2) is 0 Å². The average Bonchev–Trinajstić information content (AvgIpc) is 3.68. The second-order valence-corrected chi connectivity index (χ2v) is 10.1. The van der Waals surface area contributed by atoms with Gasteiger partial charge < -0.3 is 9.73 Å². The van der Waals surface area contributed by atoms with Gasteiger partial charge in [-0.3, -0.25) is 9.59 Å². The maximum atomic E-state index is 13.7. The Morgan fingerprint density at radius 3 is 2.35 bits per heavy atom. The molecule has 40 heavy (non-hydrogen) atoms. The molecule has 0 saturated heterocycles. The minimum atomic E-state index is -0.392. The summed E-state index contributed by atoms with van der Waals surface area (Å²) in [6, 6.07) is 25.4. The highest BCUT2D eigenvalue weighted by atomic mass is 16.3. The van der Waals surface area contributed by atoms with Gasteiger partial charge in [-0.25, -0.2) is 0 Å². The number of rotatable bonds is 10. The van der Waals surface area contributed by atoms with Crippen molar-refractivity contribution in [3.63, 3.8) is 0 Å². The van der Waals surface area contributed by atoms with E-state index in [0.29, 0.717) is 17.7 Å². The van der Waals surface area contributed by atoms with Crippen LogP contribution in [0.2, 0.25) is 0 Å².